The van der Waals surface area contributed by atoms with Gasteiger partial charge in [0.05, 0.1) is 74.2 Å². The number of fused-ring (bicyclic) bond motifs is 24. The van der Waals surface area contributed by atoms with E-state index < -0.39 is 75.9 Å². The Morgan fingerprint density at radius 3 is 1.49 bits per heavy atom. The van der Waals surface area contributed by atoms with Gasteiger partial charge in [-0.25, -0.2) is 0 Å². The number of para-hydroxylation sites is 2. The van der Waals surface area contributed by atoms with Gasteiger partial charge in [-0.3, -0.25) is 44.6 Å². The number of H-pyrrole nitrogens is 2. The summed E-state index contributed by atoms with van der Waals surface area (Å²) in [6.07, 6.45) is 2.59. The molecule has 14 aliphatic rings. The Hall–Kier alpha value is -9.23. The van der Waals surface area contributed by atoms with E-state index in [1.807, 2.05) is 78.2 Å². The Labute approximate surface area is 637 Å². The number of piperazine rings is 2. The van der Waals surface area contributed by atoms with Gasteiger partial charge in [0.15, 0.2) is 57.6 Å². The first-order valence-corrected chi connectivity index (χ1v) is 39.4. The number of phenols is 3. The predicted octanol–water partition coefficient (Wildman–Crippen LogP) is 9.37. The molecular weight excluding hydrogens is 1430 g/mol. The summed E-state index contributed by atoms with van der Waals surface area (Å²) in [7, 11) is 7.18. The highest BCUT2D eigenvalue weighted by atomic mass is 32.2. The molecule has 22 rings (SSSR count). The SMILES string of the molecule is COc1c(C)cc2c(c1O)[C@@H]1C3[C@@H]4SC[C@]5(NCCc6c5[nH]c5ccccc65)C(=O)COC[C@@H](c5c6c(c(C)c(O)c54)OCO6)N3[C@@H](C#N)[C@H](C2)N1C.COc1c(C)cc2c(c1O)[C@@H]1C3[C@@H]4SC[C@]5(NCCc6c5[nH]c5ccccc65)C(=O)COC[C@@H](c5c6c(c(C)c(OC(C)=O)c54)OCO6)N3[C@@H](C#N)[C@H](C2)N1C. The first-order chi connectivity index (χ1) is 52.8. The van der Waals surface area contributed by atoms with Crippen molar-refractivity contribution in [3.63, 3.8) is 0 Å². The smallest absolute Gasteiger partial charge is 0.308 e. The molecule has 0 radical (unpaired) electrons. The summed E-state index contributed by atoms with van der Waals surface area (Å²) in [5.74, 6) is 3.45. The molecule has 27 heteroatoms. The van der Waals surface area contributed by atoms with Gasteiger partial charge in [0.2, 0.25) is 13.6 Å². The van der Waals surface area contributed by atoms with E-state index >= 15 is 0 Å². The summed E-state index contributed by atoms with van der Waals surface area (Å²) in [6, 6.07) is 21.2. The second kappa shape index (κ2) is 25.9. The number of nitrogens with one attached hydrogen (secondary N) is 4. The molecule has 564 valence electrons. The van der Waals surface area contributed by atoms with E-state index in [1.54, 1.807) is 37.7 Å². The number of thioether (sulfide) groups is 2. The molecule has 2 unspecified atom stereocenters. The minimum absolute atomic E-state index is 0.00557. The summed E-state index contributed by atoms with van der Waals surface area (Å²) in [4.78, 5) is 58.8. The van der Waals surface area contributed by atoms with Crippen molar-refractivity contribution >= 4 is 62.9 Å². The van der Waals surface area contributed by atoms with Crippen LogP contribution in [0.3, 0.4) is 0 Å². The van der Waals surface area contributed by atoms with Gasteiger partial charge in [-0.15, -0.1) is 23.5 Å². The minimum Gasteiger partial charge on any atom is -0.507 e. The van der Waals surface area contributed by atoms with E-state index in [-0.39, 0.29) is 86.7 Å². The first kappa shape index (κ1) is 70.2. The molecule has 16 heterocycles. The number of aromatic nitrogens is 2. The van der Waals surface area contributed by atoms with E-state index in [4.69, 9.17) is 42.6 Å². The third-order valence-electron chi connectivity index (χ3n) is 25.9. The lowest BCUT2D eigenvalue weighted by atomic mass is 9.71. The third kappa shape index (κ3) is 9.83. The van der Waals surface area contributed by atoms with Gasteiger partial charge in [-0.1, -0.05) is 48.5 Å². The molecule has 6 aromatic carbocycles. The van der Waals surface area contributed by atoms with E-state index in [0.717, 1.165) is 107 Å². The Morgan fingerprint density at radius 1 is 0.587 bits per heavy atom. The lowest BCUT2D eigenvalue weighted by Gasteiger charge is -2.61. The number of nitriles is 2. The van der Waals surface area contributed by atoms with Crippen LogP contribution in [-0.2, 0) is 60.6 Å². The summed E-state index contributed by atoms with van der Waals surface area (Å²) in [5.41, 5.74) is 12.8. The maximum absolute atomic E-state index is 14.8. The summed E-state index contributed by atoms with van der Waals surface area (Å²) < 4.78 is 55.4. The van der Waals surface area contributed by atoms with Gasteiger partial charge in [0, 0.05) is 133 Å². The average molecular weight is 1510 g/mol. The van der Waals surface area contributed by atoms with E-state index in [2.05, 4.69) is 76.6 Å². The zero-order chi connectivity index (χ0) is 75.3. The molecular formula is C82H84N10O15S2. The van der Waals surface area contributed by atoms with Gasteiger partial charge in [0.1, 0.15) is 47.9 Å². The molecule has 8 bridgehead atoms. The van der Waals surface area contributed by atoms with Crippen LogP contribution < -0.4 is 43.8 Å². The number of aryl methyl sites for hydroxylation is 2. The lowest BCUT2D eigenvalue weighted by Crippen LogP contribution is -2.69. The highest BCUT2D eigenvalue weighted by molar-refractivity contribution is 7.99. The number of benzene rings is 6. The van der Waals surface area contributed by atoms with Crippen molar-refractivity contribution in [3.8, 4) is 69.6 Å². The van der Waals surface area contributed by atoms with Crippen LogP contribution in [0.1, 0.15) is 131 Å². The topological polar surface area (TPSA) is 311 Å². The fraction of sp³-hybridized carbons (Fsp3) is 0.451. The number of nitrogens with zero attached hydrogens (tertiary/aromatic N) is 6. The molecule has 4 saturated heterocycles. The zero-order valence-electron chi connectivity index (χ0n) is 61.8. The second-order valence-corrected chi connectivity index (χ2v) is 33.2. The fourth-order valence-electron chi connectivity index (χ4n) is 21.3. The molecule has 2 spiro atoms. The molecule has 8 aromatic rings. The number of esters is 1. The standard InChI is InChI=1S/C42H43N5O8S.C40H41N5O7S/c1-19-12-22-13-26-27(14-43)47-28-15-52-16-29(49)42(41-24(10-11-44-42)23-8-6-7-9-25(23)45-41)17-56-40(34(47)33(46(26)4)30(22)35(50)36(19)51-5)32-31(28)39-38(53-18-54-39)20(2)37(32)55-21(3)48;1-18-11-20-12-24-25(13-41)45-26-14-50-15-27(46)40(39-22(9-10-42-40)21-7-5-6-8-23(21)43-39)16-53-38(30-29(26)37-36(51-17-52-37)19(2)33(30)47)32(45)31(44(24)3)28(20)34(48)35(18)49-4/h6-9,12,26-28,33-34,40,44-45,50H,10-11,13,15-18H2,1-5H3;5-8,11,24-26,31-32,38,42-43,47-48H,9-10,12,14-17H2,1-4H3/t26-,27-,28-,33+,34?,40+,42-;24-,25-,26-,31+,32?,38+,40-/m00/s1. The molecule has 0 aliphatic carbocycles. The van der Waals surface area contributed by atoms with Gasteiger partial charge in [0.25, 0.3) is 0 Å². The maximum atomic E-state index is 14.8. The lowest BCUT2D eigenvalue weighted by molar-refractivity contribution is -0.133. The monoisotopic (exact) mass is 1510 g/mol. The number of hydrogen-bond acceptors (Lipinski definition) is 25. The second-order valence-electron chi connectivity index (χ2n) is 31.0. The third-order valence-corrected chi connectivity index (χ3v) is 28.8. The number of ketones is 2. The Morgan fingerprint density at radius 2 is 1.03 bits per heavy atom. The average Bonchev–Trinajstić information content (AvgIpc) is 1.24. The Kier molecular flexibility index (Phi) is 16.7. The van der Waals surface area contributed by atoms with E-state index in [0.29, 0.717) is 88.6 Å². The molecule has 14 aliphatic heterocycles. The molecule has 0 amide bonds. The quantitative estimate of drug-likeness (QED) is 0.0640. The van der Waals surface area contributed by atoms with Crippen LogP contribution in [0.15, 0.2) is 60.7 Å². The van der Waals surface area contributed by atoms with Crippen molar-refractivity contribution in [3.05, 3.63) is 150 Å². The Balaban J connectivity index is 0.000000148. The molecule has 0 saturated carbocycles. The number of carbonyl (C=O) groups is 3. The van der Waals surface area contributed by atoms with Crippen LogP contribution in [0.4, 0.5) is 0 Å². The number of phenolic OH excluding ortho intramolecular Hbond substituents is 3. The highest BCUT2D eigenvalue weighted by Crippen LogP contribution is 2.67. The molecule has 7 N–H and O–H groups in total. The Bertz CT molecular complexity index is 5340. The highest BCUT2D eigenvalue weighted by Gasteiger charge is 2.64. The predicted molar refractivity (Wildman–Crippen MR) is 403 cm³/mol. The molecule has 2 aromatic heterocycles. The van der Waals surface area contributed by atoms with Crippen molar-refractivity contribution < 1.29 is 72.3 Å². The van der Waals surface area contributed by atoms with Gasteiger partial charge >= 0.3 is 5.97 Å². The molecule has 109 heavy (non-hydrogen) atoms. The number of ether oxygens (including phenoxy) is 9. The summed E-state index contributed by atoms with van der Waals surface area (Å²) >= 11 is 3.18. The van der Waals surface area contributed by atoms with Crippen LogP contribution in [0.2, 0.25) is 0 Å². The van der Waals surface area contributed by atoms with Crippen LogP contribution in [0.5, 0.6) is 57.5 Å². The zero-order valence-corrected chi connectivity index (χ0v) is 63.5. The largest absolute Gasteiger partial charge is 0.507 e. The number of methoxy groups -OCH3 is 2. The number of hydrogen-bond donors (Lipinski definition) is 7. The normalized spacial score (nSPS) is 29.7. The number of aromatic amines is 2. The number of aromatic hydroxyl groups is 3. The van der Waals surface area contributed by atoms with Crippen molar-refractivity contribution in [2.45, 2.75) is 142 Å². The van der Waals surface area contributed by atoms with E-state index in [1.165, 1.54) is 6.92 Å². The van der Waals surface area contributed by atoms with Gasteiger partial charge < -0.3 is 67.9 Å². The first-order valence-electron chi connectivity index (χ1n) is 37.3. The van der Waals surface area contributed by atoms with E-state index in [9.17, 15) is 40.2 Å². The van der Waals surface area contributed by atoms with Crippen LogP contribution in [0, 0.1) is 50.4 Å². The van der Waals surface area contributed by atoms with Gasteiger partial charge in [-0.05, 0) is 113 Å². The van der Waals surface area contributed by atoms with Crippen LogP contribution >= 0.6 is 23.5 Å². The molecule has 25 nitrogen and oxygen atoms in total. The van der Waals surface area contributed by atoms with Crippen LogP contribution in [-0.4, -0.2) is 192 Å². The van der Waals surface area contributed by atoms with Crippen molar-refractivity contribution in [2.24, 2.45) is 0 Å². The fourth-order valence-corrected chi connectivity index (χ4v) is 24.8. The van der Waals surface area contributed by atoms with Crippen LogP contribution in [0.25, 0.3) is 21.8 Å². The number of carbonyl (C=O) groups excluding carboxylic acids is 3. The minimum atomic E-state index is -1.15. The number of rotatable bonds is 3. The van der Waals surface area contributed by atoms with Crippen molar-refractivity contribution in [1.82, 2.24) is 40.2 Å². The summed E-state index contributed by atoms with van der Waals surface area (Å²) in [5, 5.41) is 67.3. The van der Waals surface area contributed by atoms with Gasteiger partial charge in [-0.2, -0.15) is 10.5 Å². The van der Waals surface area contributed by atoms with Crippen molar-refractivity contribution in [2.75, 3.05) is 92.9 Å². The maximum Gasteiger partial charge on any atom is 0.308 e. The number of Topliss-reactive ketones (excluding diaryl/α,β-unsaturated/α-hetero) is 2. The molecule has 4 fully saturated rings. The number of likely N-dealkylation sites (N-methyl/N-ethyl adjacent to an activating group) is 2. The summed E-state index contributed by atoms with van der Waals surface area (Å²) in [6.45, 7) is 9.88. The van der Waals surface area contributed by atoms with Crippen molar-refractivity contribution in [1.29, 1.82) is 10.5 Å². The molecule has 14 atom stereocenters.